The molecular formula is C13H23NO3. The molecule has 0 radical (unpaired) electrons. The normalized spacial score (nSPS) is 17.8. The highest BCUT2D eigenvalue weighted by atomic mass is 16.4. The van der Waals surface area contributed by atoms with Crippen molar-refractivity contribution in [1.82, 2.24) is 5.32 Å². The number of nitrogens with one attached hydrogen (secondary N) is 1. The van der Waals surface area contributed by atoms with Gasteiger partial charge in [-0.2, -0.15) is 0 Å². The first kappa shape index (κ1) is 14.0. The average Bonchev–Trinajstić information content (AvgIpc) is 2.27. The molecule has 4 heteroatoms. The number of hydrogen-bond donors (Lipinski definition) is 2. The minimum absolute atomic E-state index is 0.150. The maximum Gasteiger partial charge on any atom is 0.328 e. The van der Waals surface area contributed by atoms with E-state index in [9.17, 15) is 9.59 Å². The average molecular weight is 241 g/mol. The summed E-state index contributed by atoms with van der Waals surface area (Å²) in [6.07, 6.45) is 7.63. The molecular weight excluding hydrogens is 218 g/mol. The first-order valence-corrected chi connectivity index (χ1v) is 6.46. The maximum absolute atomic E-state index is 11.6. The molecule has 0 spiro atoms. The number of carboxylic acid groups (broad SMARTS) is 1. The zero-order chi connectivity index (χ0) is 12.9. The molecule has 0 bridgehead atoms. The molecule has 4 nitrogen and oxygen atoms in total. The quantitative estimate of drug-likeness (QED) is 0.776. The standard InChI is InChI=1S/C13H23NO3/c1-13(2,12(16)17)14-11(15)9-8-10-6-4-3-5-7-10/h10H,3-9H2,1-2H3,(H,14,15)(H,16,17). The number of carbonyl (C=O) groups is 2. The maximum atomic E-state index is 11.6. The molecule has 0 aliphatic heterocycles. The Labute approximate surface area is 103 Å². The van der Waals surface area contributed by atoms with Crippen molar-refractivity contribution < 1.29 is 14.7 Å². The first-order chi connectivity index (χ1) is 7.92. The molecule has 1 saturated carbocycles. The van der Waals surface area contributed by atoms with E-state index in [1.165, 1.54) is 46.0 Å². The van der Waals surface area contributed by atoms with Crippen LogP contribution in [0, 0.1) is 5.92 Å². The first-order valence-electron chi connectivity index (χ1n) is 6.46. The van der Waals surface area contributed by atoms with Crippen LogP contribution in [0.4, 0.5) is 0 Å². The van der Waals surface area contributed by atoms with E-state index in [4.69, 9.17) is 5.11 Å². The monoisotopic (exact) mass is 241 g/mol. The van der Waals surface area contributed by atoms with Gasteiger partial charge in [-0.05, 0) is 26.2 Å². The highest BCUT2D eigenvalue weighted by Gasteiger charge is 2.28. The molecule has 0 aromatic heterocycles. The van der Waals surface area contributed by atoms with Gasteiger partial charge in [0.2, 0.25) is 5.91 Å². The molecule has 2 N–H and O–H groups in total. The highest BCUT2D eigenvalue weighted by Crippen LogP contribution is 2.27. The number of hydrogen-bond acceptors (Lipinski definition) is 2. The fourth-order valence-corrected chi connectivity index (χ4v) is 2.28. The summed E-state index contributed by atoms with van der Waals surface area (Å²) in [5.74, 6) is -0.492. The highest BCUT2D eigenvalue weighted by molar-refractivity contribution is 5.86. The number of rotatable bonds is 5. The molecule has 1 rings (SSSR count). The summed E-state index contributed by atoms with van der Waals surface area (Å²) in [6.45, 7) is 3.02. The summed E-state index contributed by atoms with van der Waals surface area (Å²) in [7, 11) is 0. The van der Waals surface area contributed by atoms with E-state index in [0.29, 0.717) is 12.3 Å². The van der Waals surface area contributed by atoms with Gasteiger partial charge in [-0.1, -0.05) is 32.1 Å². The van der Waals surface area contributed by atoms with Crippen molar-refractivity contribution >= 4 is 11.9 Å². The van der Waals surface area contributed by atoms with Crippen molar-refractivity contribution in [3.63, 3.8) is 0 Å². The number of aliphatic carboxylic acids is 1. The molecule has 0 saturated heterocycles. The summed E-state index contributed by atoms with van der Waals surface area (Å²) in [5.41, 5.74) is -1.16. The third-order valence-electron chi connectivity index (χ3n) is 3.49. The Hall–Kier alpha value is -1.06. The molecule has 1 aliphatic rings. The molecule has 1 aliphatic carbocycles. The zero-order valence-electron chi connectivity index (χ0n) is 10.8. The lowest BCUT2D eigenvalue weighted by Crippen LogP contribution is -2.49. The van der Waals surface area contributed by atoms with E-state index in [1.54, 1.807) is 0 Å². The van der Waals surface area contributed by atoms with Crippen molar-refractivity contribution in [2.45, 2.75) is 64.3 Å². The van der Waals surface area contributed by atoms with Gasteiger partial charge in [-0.25, -0.2) is 4.79 Å². The second kappa shape index (κ2) is 6.03. The third kappa shape index (κ3) is 4.75. The fraction of sp³-hybridized carbons (Fsp3) is 0.846. The van der Waals surface area contributed by atoms with Gasteiger partial charge in [0.1, 0.15) is 5.54 Å². The van der Waals surface area contributed by atoms with Gasteiger partial charge >= 0.3 is 5.97 Å². The van der Waals surface area contributed by atoms with Crippen molar-refractivity contribution in [3.8, 4) is 0 Å². The molecule has 0 aromatic carbocycles. The summed E-state index contributed by atoms with van der Waals surface area (Å²) >= 11 is 0. The van der Waals surface area contributed by atoms with Gasteiger partial charge in [0.05, 0.1) is 0 Å². The minimum Gasteiger partial charge on any atom is -0.480 e. The van der Waals surface area contributed by atoms with Crippen molar-refractivity contribution in [2.75, 3.05) is 0 Å². The van der Waals surface area contributed by atoms with Gasteiger partial charge < -0.3 is 10.4 Å². The molecule has 1 fully saturated rings. The molecule has 0 heterocycles. The van der Waals surface area contributed by atoms with Crippen LogP contribution in [0.3, 0.4) is 0 Å². The Kier molecular flexibility index (Phi) is 4.97. The Morgan fingerprint density at radius 3 is 2.35 bits per heavy atom. The summed E-state index contributed by atoms with van der Waals surface area (Å²) in [4.78, 5) is 22.5. The van der Waals surface area contributed by atoms with Crippen molar-refractivity contribution in [3.05, 3.63) is 0 Å². The summed E-state index contributed by atoms with van der Waals surface area (Å²) in [5, 5.41) is 11.4. The van der Waals surface area contributed by atoms with E-state index in [2.05, 4.69) is 5.32 Å². The summed E-state index contributed by atoms with van der Waals surface area (Å²) < 4.78 is 0. The van der Waals surface area contributed by atoms with E-state index >= 15 is 0 Å². The van der Waals surface area contributed by atoms with Crippen molar-refractivity contribution in [1.29, 1.82) is 0 Å². The van der Waals surface area contributed by atoms with E-state index < -0.39 is 11.5 Å². The van der Waals surface area contributed by atoms with Crippen LogP contribution in [0.5, 0.6) is 0 Å². The van der Waals surface area contributed by atoms with Crippen LogP contribution in [0.1, 0.15) is 58.8 Å². The number of carbonyl (C=O) groups excluding carboxylic acids is 1. The predicted octanol–water partition coefficient (Wildman–Crippen LogP) is 2.33. The number of amides is 1. The topological polar surface area (TPSA) is 66.4 Å². The third-order valence-corrected chi connectivity index (χ3v) is 3.49. The molecule has 0 aromatic rings. The second-order valence-electron chi connectivity index (χ2n) is 5.52. The van der Waals surface area contributed by atoms with Crippen LogP contribution in [0.2, 0.25) is 0 Å². The Morgan fingerprint density at radius 1 is 1.24 bits per heavy atom. The zero-order valence-corrected chi connectivity index (χ0v) is 10.8. The Morgan fingerprint density at radius 2 is 1.82 bits per heavy atom. The van der Waals surface area contributed by atoms with Crippen LogP contribution < -0.4 is 5.32 Å². The SMILES string of the molecule is CC(C)(NC(=O)CCC1CCCCC1)C(=O)O. The smallest absolute Gasteiger partial charge is 0.328 e. The lowest BCUT2D eigenvalue weighted by atomic mass is 9.86. The van der Waals surface area contributed by atoms with Crippen LogP contribution >= 0.6 is 0 Å². The van der Waals surface area contributed by atoms with Gasteiger partial charge in [-0.15, -0.1) is 0 Å². The summed E-state index contributed by atoms with van der Waals surface area (Å²) in [6, 6.07) is 0. The van der Waals surface area contributed by atoms with E-state index in [-0.39, 0.29) is 5.91 Å². The van der Waals surface area contributed by atoms with Crippen LogP contribution in [0.15, 0.2) is 0 Å². The van der Waals surface area contributed by atoms with E-state index in [0.717, 1.165) is 6.42 Å². The van der Waals surface area contributed by atoms with Gasteiger partial charge in [0.25, 0.3) is 0 Å². The molecule has 0 atom stereocenters. The fourth-order valence-electron chi connectivity index (χ4n) is 2.28. The molecule has 0 unspecified atom stereocenters. The van der Waals surface area contributed by atoms with Gasteiger partial charge in [-0.3, -0.25) is 4.79 Å². The van der Waals surface area contributed by atoms with E-state index in [1.807, 2.05) is 0 Å². The Bertz CT molecular complexity index is 280. The van der Waals surface area contributed by atoms with Gasteiger partial charge in [0, 0.05) is 6.42 Å². The minimum atomic E-state index is -1.16. The largest absolute Gasteiger partial charge is 0.480 e. The Balaban J connectivity index is 2.27. The van der Waals surface area contributed by atoms with Crippen LogP contribution in [-0.2, 0) is 9.59 Å². The van der Waals surface area contributed by atoms with Gasteiger partial charge in [0.15, 0.2) is 0 Å². The molecule has 17 heavy (non-hydrogen) atoms. The molecule has 98 valence electrons. The van der Waals surface area contributed by atoms with Crippen LogP contribution in [-0.4, -0.2) is 22.5 Å². The lowest BCUT2D eigenvalue weighted by molar-refractivity contribution is -0.146. The second-order valence-corrected chi connectivity index (χ2v) is 5.52. The predicted molar refractivity (Wildman–Crippen MR) is 65.7 cm³/mol. The van der Waals surface area contributed by atoms with Crippen molar-refractivity contribution in [2.24, 2.45) is 5.92 Å². The lowest BCUT2D eigenvalue weighted by Gasteiger charge is -2.23. The van der Waals surface area contributed by atoms with Crippen LogP contribution in [0.25, 0.3) is 0 Å². The molecule has 1 amide bonds. The number of carboxylic acids is 1.